The molecule has 96 valence electrons. The van der Waals surface area contributed by atoms with Gasteiger partial charge in [0, 0.05) is 32.3 Å². The van der Waals surface area contributed by atoms with Crippen LogP contribution in [0.25, 0.3) is 0 Å². The Kier molecular flexibility index (Phi) is 5.38. The summed E-state index contributed by atoms with van der Waals surface area (Å²) in [6, 6.07) is 3.83. The molecule has 0 radical (unpaired) electrons. The normalized spacial score (nSPS) is 11.5. The summed E-state index contributed by atoms with van der Waals surface area (Å²) in [6.07, 6.45) is 2.62. The molecule has 0 aliphatic carbocycles. The van der Waals surface area contributed by atoms with Gasteiger partial charge in [-0.1, -0.05) is 0 Å². The number of nitrogens with zero attached hydrogens (tertiary/aromatic N) is 1. The Bertz CT molecular complexity index is 340. The van der Waals surface area contributed by atoms with E-state index in [1.165, 1.54) is 0 Å². The van der Waals surface area contributed by atoms with Gasteiger partial charge < -0.3 is 14.8 Å². The van der Waals surface area contributed by atoms with E-state index >= 15 is 0 Å². The summed E-state index contributed by atoms with van der Waals surface area (Å²) in [7, 11) is 3.62. The third kappa shape index (κ3) is 5.15. The molecule has 0 aliphatic rings. The Morgan fingerprint density at radius 1 is 1.41 bits per heavy atom. The molecule has 0 atom stereocenters. The van der Waals surface area contributed by atoms with Gasteiger partial charge in [0.15, 0.2) is 0 Å². The SMILES string of the molecule is CNCc1cc(OCCC(C)(C)OC)ccn1. The summed E-state index contributed by atoms with van der Waals surface area (Å²) < 4.78 is 11.0. The Morgan fingerprint density at radius 3 is 2.82 bits per heavy atom. The predicted molar refractivity (Wildman–Crippen MR) is 68.2 cm³/mol. The summed E-state index contributed by atoms with van der Waals surface area (Å²) in [6.45, 7) is 5.50. The van der Waals surface area contributed by atoms with Gasteiger partial charge in [0.2, 0.25) is 0 Å². The van der Waals surface area contributed by atoms with Crippen LogP contribution >= 0.6 is 0 Å². The molecular weight excluding hydrogens is 216 g/mol. The molecule has 0 spiro atoms. The molecule has 1 aromatic rings. The molecule has 4 heteroatoms. The fourth-order valence-corrected chi connectivity index (χ4v) is 1.34. The van der Waals surface area contributed by atoms with E-state index in [-0.39, 0.29) is 5.60 Å². The third-order valence-corrected chi connectivity index (χ3v) is 2.67. The maximum Gasteiger partial charge on any atom is 0.122 e. The summed E-state index contributed by atoms with van der Waals surface area (Å²) in [5.74, 6) is 0.858. The van der Waals surface area contributed by atoms with Gasteiger partial charge in [-0.2, -0.15) is 0 Å². The van der Waals surface area contributed by atoms with Crippen LogP contribution in [-0.4, -0.2) is 31.3 Å². The van der Waals surface area contributed by atoms with Crippen LogP contribution in [0.4, 0.5) is 0 Å². The number of nitrogens with one attached hydrogen (secondary N) is 1. The molecule has 4 nitrogen and oxygen atoms in total. The number of methoxy groups -OCH3 is 1. The molecule has 0 saturated carbocycles. The minimum absolute atomic E-state index is 0.138. The molecule has 1 rings (SSSR count). The second-order valence-corrected chi connectivity index (χ2v) is 4.58. The number of hydrogen-bond donors (Lipinski definition) is 1. The van der Waals surface area contributed by atoms with Crippen LogP contribution in [-0.2, 0) is 11.3 Å². The molecule has 1 N–H and O–H groups in total. The number of pyridine rings is 1. The zero-order valence-corrected chi connectivity index (χ0v) is 11.1. The smallest absolute Gasteiger partial charge is 0.122 e. The zero-order chi connectivity index (χ0) is 12.7. The van der Waals surface area contributed by atoms with Crippen LogP contribution in [0.2, 0.25) is 0 Å². The lowest BCUT2D eigenvalue weighted by molar-refractivity contribution is 0.00544. The molecular formula is C13H22N2O2. The quantitative estimate of drug-likeness (QED) is 0.789. The topological polar surface area (TPSA) is 43.4 Å². The van der Waals surface area contributed by atoms with Gasteiger partial charge in [0.25, 0.3) is 0 Å². The molecule has 0 bridgehead atoms. The Labute approximate surface area is 103 Å². The summed E-state index contributed by atoms with van der Waals surface area (Å²) >= 11 is 0. The molecule has 0 amide bonds. The van der Waals surface area contributed by atoms with Gasteiger partial charge in [-0.3, -0.25) is 4.98 Å². The minimum Gasteiger partial charge on any atom is -0.493 e. The van der Waals surface area contributed by atoms with Crippen LogP contribution < -0.4 is 10.1 Å². The van der Waals surface area contributed by atoms with Crippen LogP contribution in [0.15, 0.2) is 18.3 Å². The van der Waals surface area contributed by atoms with Crippen molar-refractivity contribution in [2.24, 2.45) is 0 Å². The molecule has 0 aliphatic heterocycles. The third-order valence-electron chi connectivity index (χ3n) is 2.67. The van der Waals surface area contributed by atoms with E-state index in [1.54, 1.807) is 13.3 Å². The molecule has 0 aromatic carbocycles. The van der Waals surface area contributed by atoms with Crippen LogP contribution in [0, 0.1) is 0 Å². The first kappa shape index (κ1) is 13.9. The van der Waals surface area contributed by atoms with Crippen LogP contribution in [0.1, 0.15) is 26.0 Å². The van der Waals surface area contributed by atoms with Crippen molar-refractivity contribution < 1.29 is 9.47 Å². The van der Waals surface area contributed by atoms with Gasteiger partial charge in [-0.05, 0) is 27.0 Å². The van der Waals surface area contributed by atoms with Gasteiger partial charge in [0.05, 0.1) is 17.9 Å². The van der Waals surface area contributed by atoms with Gasteiger partial charge in [0.1, 0.15) is 5.75 Å². The van der Waals surface area contributed by atoms with Crippen molar-refractivity contribution in [2.45, 2.75) is 32.4 Å². The Hall–Kier alpha value is -1.13. The highest BCUT2D eigenvalue weighted by Crippen LogP contribution is 2.15. The summed E-state index contributed by atoms with van der Waals surface area (Å²) in [4.78, 5) is 4.23. The van der Waals surface area contributed by atoms with Crippen LogP contribution in [0.3, 0.4) is 0 Å². The van der Waals surface area contributed by atoms with Crippen molar-refractivity contribution in [1.82, 2.24) is 10.3 Å². The highest BCUT2D eigenvalue weighted by atomic mass is 16.5. The standard InChI is InChI=1S/C13H22N2O2/c1-13(2,16-4)6-8-17-12-5-7-15-11(9-12)10-14-3/h5,7,9,14H,6,8,10H2,1-4H3. The van der Waals surface area contributed by atoms with Gasteiger partial charge >= 0.3 is 0 Å². The van der Waals surface area contributed by atoms with E-state index in [2.05, 4.69) is 24.1 Å². The van der Waals surface area contributed by atoms with Crippen molar-refractivity contribution in [3.05, 3.63) is 24.0 Å². The highest BCUT2D eigenvalue weighted by Gasteiger charge is 2.15. The number of ether oxygens (including phenoxy) is 2. The molecule has 0 fully saturated rings. The first-order valence-corrected chi connectivity index (χ1v) is 5.85. The van der Waals surface area contributed by atoms with Crippen molar-refractivity contribution in [3.8, 4) is 5.75 Å². The van der Waals surface area contributed by atoms with E-state index in [0.717, 1.165) is 24.4 Å². The number of hydrogen-bond acceptors (Lipinski definition) is 4. The average molecular weight is 238 g/mol. The summed E-state index contributed by atoms with van der Waals surface area (Å²) in [5.41, 5.74) is 0.844. The van der Waals surface area contributed by atoms with E-state index in [9.17, 15) is 0 Å². The first-order valence-electron chi connectivity index (χ1n) is 5.85. The van der Waals surface area contributed by atoms with E-state index in [1.807, 2.05) is 19.2 Å². The fraction of sp³-hybridized carbons (Fsp3) is 0.615. The fourth-order valence-electron chi connectivity index (χ4n) is 1.34. The largest absolute Gasteiger partial charge is 0.493 e. The van der Waals surface area contributed by atoms with E-state index in [0.29, 0.717) is 6.61 Å². The highest BCUT2D eigenvalue weighted by molar-refractivity contribution is 5.22. The molecule has 1 aromatic heterocycles. The van der Waals surface area contributed by atoms with E-state index < -0.39 is 0 Å². The lowest BCUT2D eigenvalue weighted by Crippen LogP contribution is -2.25. The average Bonchev–Trinajstić information content (AvgIpc) is 2.30. The number of rotatable bonds is 7. The Morgan fingerprint density at radius 2 is 2.18 bits per heavy atom. The van der Waals surface area contributed by atoms with Gasteiger partial charge in [-0.15, -0.1) is 0 Å². The maximum atomic E-state index is 5.68. The van der Waals surface area contributed by atoms with Crippen molar-refractivity contribution in [2.75, 3.05) is 20.8 Å². The molecule has 0 saturated heterocycles. The van der Waals surface area contributed by atoms with Crippen molar-refractivity contribution >= 4 is 0 Å². The van der Waals surface area contributed by atoms with Crippen molar-refractivity contribution in [1.29, 1.82) is 0 Å². The van der Waals surface area contributed by atoms with Gasteiger partial charge in [-0.25, -0.2) is 0 Å². The van der Waals surface area contributed by atoms with Crippen molar-refractivity contribution in [3.63, 3.8) is 0 Å². The van der Waals surface area contributed by atoms with Crippen LogP contribution in [0.5, 0.6) is 5.75 Å². The lowest BCUT2D eigenvalue weighted by Gasteiger charge is -2.22. The Balaban J connectivity index is 2.44. The number of aromatic nitrogens is 1. The zero-order valence-electron chi connectivity index (χ0n) is 11.1. The summed E-state index contributed by atoms with van der Waals surface area (Å²) in [5, 5.41) is 3.06. The molecule has 1 heterocycles. The monoisotopic (exact) mass is 238 g/mol. The predicted octanol–water partition coefficient (Wildman–Crippen LogP) is 1.99. The lowest BCUT2D eigenvalue weighted by atomic mass is 10.1. The van der Waals surface area contributed by atoms with E-state index in [4.69, 9.17) is 9.47 Å². The molecule has 0 unspecified atom stereocenters. The maximum absolute atomic E-state index is 5.68. The second kappa shape index (κ2) is 6.57. The first-order chi connectivity index (χ1) is 8.07. The molecule has 17 heavy (non-hydrogen) atoms. The minimum atomic E-state index is -0.138. The second-order valence-electron chi connectivity index (χ2n) is 4.58.